The van der Waals surface area contributed by atoms with E-state index in [2.05, 4.69) is 177 Å². The van der Waals surface area contributed by atoms with Crippen molar-refractivity contribution in [1.29, 1.82) is 0 Å². The van der Waals surface area contributed by atoms with Crippen LogP contribution in [0.15, 0.2) is 174 Å². The summed E-state index contributed by atoms with van der Waals surface area (Å²) >= 11 is 0. The zero-order valence-electron chi connectivity index (χ0n) is 27.6. The first kappa shape index (κ1) is 28.3. The number of nitrogens with zero attached hydrogens (tertiary/aromatic N) is 2. The van der Waals surface area contributed by atoms with Crippen LogP contribution in [0.1, 0.15) is 23.7 Å². The summed E-state index contributed by atoms with van der Waals surface area (Å²) in [5, 5.41) is 13.8. The second-order valence-corrected chi connectivity index (χ2v) is 13.4. The van der Waals surface area contributed by atoms with Crippen molar-refractivity contribution in [3.8, 4) is 16.8 Å². The number of fused-ring (bicyclic) bond motifs is 9. The molecule has 0 saturated heterocycles. The average molecular weight is 657 g/mol. The molecule has 0 aliphatic carbocycles. The third-order valence-electron chi connectivity index (χ3n) is 10.6. The molecule has 2 atom stereocenters. The molecule has 5 heteroatoms. The van der Waals surface area contributed by atoms with Crippen molar-refractivity contribution in [1.82, 2.24) is 14.5 Å². The molecular formula is C46H32N4O. The van der Waals surface area contributed by atoms with Gasteiger partial charge in [0.2, 0.25) is 0 Å². The molecule has 3 aromatic heterocycles. The molecule has 7 aromatic carbocycles. The largest absolute Gasteiger partial charge is 0.457 e. The minimum Gasteiger partial charge on any atom is -0.457 e. The van der Waals surface area contributed by atoms with E-state index in [4.69, 9.17) is 4.42 Å². The fourth-order valence-corrected chi connectivity index (χ4v) is 8.33. The second kappa shape index (κ2) is 11.0. The highest BCUT2D eigenvalue weighted by Crippen LogP contribution is 2.44. The minimum absolute atomic E-state index is 0.125. The van der Waals surface area contributed by atoms with Gasteiger partial charge in [0.15, 0.2) is 6.29 Å². The van der Waals surface area contributed by atoms with Crippen LogP contribution in [0.2, 0.25) is 0 Å². The van der Waals surface area contributed by atoms with Crippen molar-refractivity contribution in [3.63, 3.8) is 0 Å². The molecule has 242 valence electrons. The predicted molar refractivity (Wildman–Crippen MR) is 210 cm³/mol. The van der Waals surface area contributed by atoms with Gasteiger partial charge in [0.25, 0.3) is 0 Å². The fourth-order valence-electron chi connectivity index (χ4n) is 8.33. The Morgan fingerprint density at radius 3 is 1.78 bits per heavy atom. The summed E-state index contributed by atoms with van der Waals surface area (Å²) in [5.41, 5.74) is 11.4. The number of para-hydroxylation sites is 4. The standard InChI is InChI=1S/C46H32N4O/c1-3-13-29(14-4-1)43-45-44(35-19-9-12-22-42(35)51-45)48-46(47-43)50-39-21-11-8-18-34(39)37-28-31(24-26-41(37)50)30-23-25-40-36(27-30)33-17-7-10-20-38(33)49(40)32-15-5-2-6-16-32/h1-28,43,46-48H. The van der Waals surface area contributed by atoms with Crippen LogP contribution in [0.3, 0.4) is 0 Å². The molecule has 0 fully saturated rings. The molecule has 10 aromatic rings. The number of hydrogen-bond acceptors (Lipinski definition) is 3. The maximum absolute atomic E-state index is 6.51. The van der Waals surface area contributed by atoms with Gasteiger partial charge in [-0.25, -0.2) is 0 Å². The monoisotopic (exact) mass is 656 g/mol. The molecule has 1 aliphatic heterocycles. The number of anilines is 1. The van der Waals surface area contributed by atoms with Gasteiger partial charge in [-0.15, -0.1) is 0 Å². The van der Waals surface area contributed by atoms with Gasteiger partial charge in [0.1, 0.15) is 11.3 Å². The van der Waals surface area contributed by atoms with E-state index in [9.17, 15) is 0 Å². The van der Waals surface area contributed by atoms with Crippen molar-refractivity contribution in [2.24, 2.45) is 0 Å². The van der Waals surface area contributed by atoms with E-state index in [1.54, 1.807) is 0 Å². The maximum Gasteiger partial charge on any atom is 0.160 e. The molecule has 0 bridgehead atoms. The van der Waals surface area contributed by atoms with Gasteiger partial charge in [-0.05, 0) is 77.4 Å². The van der Waals surface area contributed by atoms with Crippen LogP contribution in [0.5, 0.6) is 0 Å². The average Bonchev–Trinajstić information content (AvgIpc) is 3.85. The highest BCUT2D eigenvalue weighted by atomic mass is 16.3. The Bertz CT molecular complexity index is 2930. The smallest absolute Gasteiger partial charge is 0.160 e. The van der Waals surface area contributed by atoms with Crippen LogP contribution in [0, 0.1) is 0 Å². The molecule has 5 nitrogen and oxygen atoms in total. The lowest BCUT2D eigenvalue weighted by molar-refractivity contribution is 0.371. The quantitative estimate of drug-likeness (QED) is 0.198. The molecule has 51 heavy (non-hydrogen) atoms. The Kier molecular flexibility index (Phi) is 6.09. The number of aromatic nitrogens is 2. The van der Waals surface area contributed by atoms with Gasteiger partial charge in [0.05, 0.1) is 33.8 Å². The van der Waals surface area contributed by atoms with Gasteiger partial charge in [-0.2, -0.15) is 0 Å². The molecular weight excluding hydrogens is 625 g/mol. The number of benzene rings is 7. The first-order chi connectivity index (χ1) is 25.3. The third-order valence-corrected chi connectivity index (χ3v) is 10.6. The SMILES string of the molecule is c1ccc(C2NC(n3c4ccccc4c4cc(-c5ccc6c(c5)c5ccccc5n6-c5ccccc5)ccc43)Nc3c2oc2ccccc32)cc1. The Morgan fingerprint density at radius 2 is 1.02 bits per heavy atom. The summed E-state index contributed by atoms with van der Waals surface area (Å²) in [6.45, 7) is 0. The summed E-state index contributed by atoms with van der Waals surface area (Å²) in [7, 11) is 0. The Labute approximate surface area is 294 Å². The fraction of sp³-hybridized carbons (Fsp3) is 0.0435. The molecule has 0 spiro atoms. The molecule has 2 unspecified atom stereocenters. The van der Waals surface area contributed by atoms with E-state index in [0.29, 0.717) is 0 Å². The Morgan fingerprint density at radius 1 is 0.471 bits per heavy atom. The predicted octanol–water partition coefficient (Wildman–Crippen LogP) is 11.6. The molecule has 0 amide bonds. The first-order valence-electron chi connectivity index (χ1n) is 17.5. The van der Waals surface area contributed by atoms with Crippen LogP contribution < -0.4 is 10.6 Å². The van der Waals surface area contributed by atoms with Crippen LogP contribution in [-0.4, -0.2) is 9.13 Å². The van der Waals surface area contributed by atoms with Crippen LogP contribution in [0.25, 0.3) is 71.4 Å². The lowest BCUT2D eigenvalue weighted by Crippen LogP contribution is -2.40. The van der Waals surface area contributed by atoms with Crippen molar-refractivity contribution >= 4 is 60.3 Å². The van der Waals surface area contributed by atoms with Crippen molar-refractivity contribution in [3.05, 3.63) is 181 Å². The van der Waals surface area contributed by atoms with E-state index in [1.807, 2.05) is 12.1 Å². The highest BCUT2D eigenvalue weighted by Gasteiger charge is 2.34. The molecule has 4 heterocycles. The second-order valence-electron chi connectivity index (χ2n) is 13.4. The van der Waals surface area contributed by atoms with Crippen LogP contribution >= 0.6 is 0 Å². The van der Waals surface area contributed by atoms with Gasteiger partial charge in [-0.3, -0.25) is 5.32 Å². The number of hydrogen-bond donors (Lipinski definition) is 2. The lowest BCUT2D eigenvalue weighted by atomic mass is 10.0. The van der Waals surface area contributed by atoms with E-state index < -0.39 is 0 Å². The van der Waals surface area contributed by atoms with Crippen molar-refractivity contribution in [2.75, 3.05) is 5.32 Å². The van der Waals surface area contributed by atoms with Gasteiger partial charge in [0, 0.05) is 32.6 Å². The number of nitrogens with one attached hydrogen (secondary N) is 2. The molecule has 1 aliphatic rings. The lowest BCUT2D eigenvalue weighted by Gasteiger charge is -2.34. The Hall–Kier alpha value is -6.56. The van der Waals surface area contributed by atoms with Gasteiger partial charge >= 0.3 is 0 Å². The topological polar surface area (TPSA) is 47.1 Å². The summed E-state index contributed by atoms with van der Waals surface area (Å²) < 4.78 is 11.3. The first-order valence-corrected chi connectivity index (χ1v) is 17.5. The summed E-state index contributed by atoms with van der Waals surface area (Å²) in [6.07, 6.45) is -0.225. The van der Waals surface area contributed by atoms with E-state index in [-0.39, 0.29) is 12.3 Å². The van der Waals surface area contributed by atoms with Crippen molar-refractivity contribution in [2.45, 2.75) is 12.3 Å². The Balaban J connectivity index is 1.07. The normalized spacial score (nSPS) is 15.9. The summed E-state index contributed by atoms with van der Waals surface area (Å²) in [6, 6.07) is 60.6. The van der Waals surface area contributed by atoms with Crippen LogP contribution in [-0.2, 0) is 0 Å². The molecule has 0 saturated carbocycles. The van der Waals surface area contributed by atoms with Gasteiger partial charge in [-0.1, -0.05) is 109 Å². The van der Waals surface area contributed by atoms with E-state index in [1.165, 1.54) is 54.9 Å². The molecule has 11 rings (SSSR count). The zero-order chi connectivity index (χ0) is 33.5. The highest BCUT2D eigenvalue weighted by molar-refractivity contribution is 6.12. The summed E-state index contributed by atoms with van der Waals surface area (Å²) in [5.74, 6) is 0.908. The van der Waals surface area contributed by atoms with E-state index >= 15 is 0 Å². The van der Waals surface area contributed by atoms with Gasteiger partial charge < -0.3 is 18.9 Å². The third kappa shape index (κ3) is 4.25. The maximum atomic E-state index is 6.51. The minimum atomic E-state index is -0.225. The number of furan rings is 1. The van der Waals surface area contributed by atoms with E-state index in [0.717, 1.165) is 33.5 Å². The van der Waals surface area contributed by atoms with Crippen molar-refractivity contribution < 1.29 is 4.42 Å². The zero-order valence-corrected chi connectivity index (χ0v) is 27.6. The molecule has 2 N–H and O–H groups in total. The summed E-state index contributed by atoms with van der Waals surface area (Å²) in [4.78, 5) is 0. The van der Waals surface area contributed by atoms with Crippen LogP contribution in [0.4, 0.5) is 5.69 Å². The molecule has 0 radical (unpaired) electrons. The number of rotatable bonds is 4.